The summed E-state index contributed by atoms with van der Waals surface area (Å²) < 4.78 is 5.07. The molecule has 0 saturated carbocycles. The van der Waals surface area contributed by atoms with Crippen molar-refractivity contribution < 1.29 is 4.74 Å². The molecule has 0 radical (unpaired) electrons. The Morgan fingerprint density at radius 1 is 1.20 bits per heavy atom. The Hall–Kier alpha value is -1.61. The molecule has 2 nitrogen and oxygen atoms in total. The first-order chi connectivity index (χ1) is 7.38. The topological polar surface area (TPSA) is 21.6 Å². The molecule has 0 aliphatic heterocycles. The average Bonchev–Trinajstić information content (AvgIpc) is 2.80. The van der Waals surface area contributed by atoms with Crippen LogP contribution in [-0.2, 0) is 0 Å². The van der Waals surface area contributed by atoms with Crippen molar-refractivity contribution >= 4 is 23.2 Å². The molecule has 15 heavy (non-hydrogen) atoms. The number of hydrogen-bond donors (Lipinski definition) is 0. The molecule has 0 fully saturated rings. The second-order valence-electron chi connectivity index (χ2n) is 3.01. The highest BCUT2D eigenvalue weighted by molar-refractivity contribution is 7.08. The van der Waals surface area contributed by atoms with Gasteiger partial charge < -0.3 is 4.74 Å². The van der Waals surface area contributed by atoms with Crippen LogP contribution >= 0.6 is 11.3 Å². The van der Waals surface area contributed by atoms with Crippen LogP contribution in [0.1, 0.15) is 5.56 Å². The molecule has 2 rings (SSSR count). The van der Waals surface area contributed by atoms with Crippen LogP contribution in [0.25, 0.3) is 0 Å². The molecule has 0 saturated heterocycles. The van der Waals surface area contributed by atoms with Gasteiger partial charge in [-0.1, -0.05) is 0 Å². The van der Waals surface area contributed by atoms with E-state index < -0.39 is 0 Å². The van der Waals surface area contributed by atoms with Crippen LogP contribution in [0.15, 0.2) is 46.1 Å². The van der Waals surface area contributed by atoms with E-state index in [0.29, 0.717) is 0 Å². The van der Waals surface area contributed by atoms with Gasteiger partial charge in [0.1, 0.15) is 5.75 Å². The smallest absolute Gasteiger partial charge is 0.119 e. The molecule has 0 spiro atoms. The molecule has 1 heterocycles. The van der Waals surface area contributed by atoms with Gasteiger partial charge in [-0.05, 0) is 41.1 Å². The summed E-state index contributed by atoms with van der Waals surface area (Å²) in [5.74, 6) is 0.851. The van der Waals surface area contributed by atoms with Crippen molar-refractivity contribution in [1.82, 2.24) is 0 Å². The van der Waals surface area contributed by atoms with Gasteiger partial charge in [-0.25, -0.2) is 0 Å². The van der Waals surface area contributed by atoms with Crippen LogP contribution in [0.5, 0.6) is 5.75 Å². The van der Waals surface area contributed by atoms with Gasteiger partial charge in [-0.15, -0.1) is 0 Å². The third kappa shape index (κ3) is 2.67. The number of thiophene rings is 1. The molecule has 2 aromatic rings. The van der Waals surface area contributed by atoms with Gasteiger partial charge in [0.05, 0.1) is 12.8 Å². The highest BCUT2D eigenvalue weighted by atomic mass is 32.1. The summed E-state index contributed by atoms with van der Waals surface area (Å²) >= 11 is 1.67. The Bertz CT molecular complexity index is 431. The van der Waals surface area contributed by atoms with Crippen LogP contribution in [0.2, 0.25) is 0 Å². The number of nitrogens with zero attached hydrogens (tertiary/aromatic N) is 1. The fourth-order valence-corrected chi connectivity index (χ4v) is 1.78. The minimum absolute atomic E-state index is 0.851. The number of aliphatic imine (C=N–C) groups is 1. The van der Waals surface area contributed by atoms with Gasteiger partial charge in [0.25, 0.3) is 0 Å². The molecule has 1 aromatic carbocycles. The number of ether oxygens (including phenoxy) is 1. The second-order valence-corrected chi connectivity index (χ2v) is 3.79. The van der Waals surface area contributed by atoms with E-state index in [1.807, 2.05) is 41.9 Å². The van der Waals surface area contributed by atoms with E-state index >= 15 is 0 Å². The Morgan fingerprint density at radius 2 is 2.00 bits per heavy atom. The molecule has 0 aliphatic carbocycles. The number of rotatable bonds is 3. The van der Waals surface area contributed by atoms with Gasteiger partial charge in [0.2, 0.25) is 0 Å². The molecule has 0 atom stereocenters. The molecular weight excluding hydrogens is 206 g/mol. The zero-order chi connectivity index (χ0) is 10.5. The first-order valence-electron chi connectivity index (χ1n) is 4.59. The summed E-state index contributed by atoms with van der Waals surface area (Å²) in [5.41, 5.74) is 2.07. The zero-order valence-electron chi connectivity index (χ0n) is 8.38. The maximum atomic E-state index is 5.07. The van der Waals surface area contributed by atoms with E-state index in [1.165, 1.54) is 0 Å². The van der Waals surface area contributed by atoms with Crippen molar-refractivity contribution in [3.63, 3.8) is 0 Å². The van der Waals surface area contributed by atoms with E-state index in [4.69, 9.17) is 4.74 Å². The lowest BCUT2D eigenvalue weighted by atomic mass is 10.3. The Labute approximate surface area is 92.9 Å². The quantitative estimate of drug-likeness (QED) is 0.721. The Morgan fingerprint density at radius 3 is 2.60 bits per heavy atom. The predicted octanol–water partition coefficient (Wildman–Crippen LogP) is 3.51. The summed E-state index contributed by atoms with van der Waals surface area (Å²) in [5, 5.41) is 4.10. The van der Waals surface area contributed by atoms with Crippen LogP contribution < -0.4 is 4.74 Å². The summed E-state index contributed by atoms with van der Waals surface area (Å²) in [4.78, 5) is 4.35. The molecule has 0 aliphatic rings. The van der Waals surface area contributed by atoms with Gasteiger partial charge >= 0.3 is 0 Å². The molecule has 76 valence electrons. The van der Waals surface area contributed by atoms with Gasteiger partial charge in [0, 0.05) is 11.8 Å². The van der Waals surface area contributed by atoms with Crippen molar-refractivity contribution in [2.45, 2.75) is 0 Å². The van der Waals surface area contributed by atoms with Crippen molar-refractivity contribution in [3.05, 3.63) is 46.7 Å². The first kappa shape index (κ1) is 9.93. The number of hydrogen-bond acceptors (Lipinski definition) is 3. The van der Waals surface area contributed by atoms with Crippen LogP contribution in [0.4, 0.5) is 5.69 Å². The molecule has 0 amide bonds. The SMILES string of the molecule is COc1ccc(N=Cc2ccsc2)cc1. The predicted molar refractivity (Wildman–Crippen MR) is 64.6 cm³/mol. The van der Waals surface area contributed by atoms with Gasteiger partial charge in [0.15, 0.2) is 0 Å². The molecule has 0 N–H and O–H groups in total. The largest absolute Gasteiger partial charge is 0.497 e. The van der Waals surface area contributed by atoms with Gasteiger partial charge in [-0.3, -0.25) is 4.99 Å². The Balaban J connectivity index is 2.11. The lowest BCUT2D eigenvalue weighted by Gasteiger charge is -1.98. The lowest BCUT2D eigenvalue weighted by molar-refractivity contribution is 0.415. The van der Waals surface area contributed by atoms with Crippen LogP contribution in [0, 0.1) is 0 Å². The fourth-order valence-electron chi connectivity index (χ4n) is 1.17. The maximum Gasteiger partial charge on any atom is 0.119 e. The lowest BCUT2D eigenvalue weighted by Crippen LogP contribution is -1.80. The molecule has 0 unspecified atom stereocenters. The van der Waals surface area contributed by atoms with Crippen molar-refractivity contribution in [1.29, 1.82) is 0 Å². The van der Waals surface area contributed by atoms with Crippen LogP contribution in [0.3, 0.4) is 0 Å². The monoisotopic (exact) mass is 217 g/mol. The normalized spacial score (nSPS) is 10.7. The fraction of sp³-hybridized carbons (Fsp3) is 0.0833. The van der Waals surface area contributed by atoms with E-state index in [0.717, 1.165) is 17.0 Å². The molecule has 3 heteroatoms. The minimum Gasteiger partial charge on any atom is -0.497 e. The van der Waals surface area contributed by atoms with E-state index in [9.17, 15) is 0 Å². The Kier molecular flexibility index (Phi) is 3.15. The summed E-state index contributed by atoms with van der Waals surface area (Å²) in [6, 6.07) is 9.71. The summed E-state index contributed by atoms with van der Waals surface area (Å²) in [7, 11) is 1.66. The van der Waals surface area contributed by atoms with Gasteiger partial charge in [-0.2, -0.15) is 11.3 Å². The van der Waals surface area contributed by atoms with Crippen LogP contribution in [-0.4, -0.2) is 13.3 Å². The number of benzene rings is 1. The van der Waals surface area contributed by atoms with E-state index in [-0.39, 0.29) is 0 Å². The number of methoxy groups -OCH3 is 1. The maximum absolute atomic E-state index is 5.07. The molecule has 1 aromatic heterocycles. The standard InChI is InChI=1S/C12H11NOS/c1-14-12-4-2-11(3-5-12)13-8-10-6-7-15-9-10/h2-9H,1H3. The molecular formula is C12H11NOS. The summed E-state index contributed by atoms with van der Waals surface area (Å²) in [6.45, 7) is 0. The van der Waals surface area contributed by atoms with E-state index in [1.54, 1.807) is 18.4 Å². The highest BCUT2D eigenvalue weighted by Crippen LogP contribution is 2.17. The third-order valence-electron chi connectivity index (χ3n) is 1.98. The third-order valence-corrected chi connectivity index (χ3v) is 2.68. The first-order valence-corrected chi connectivity index (χ1v) is 5.53. The molecule has 0 bridgehead atoms. The van der Waals surface area contributed by atoms with Crippen molar-refractivity contribution in [2.24, 2.45) is 4.99 Å². The highest BCUT2D eigenvalue weighted by Gasteiger charge is 1.91. The second kappa shape index (κ2) is 4.75. The zero-order valence-corrected chi connectivity index (χ0v) is 9.20. The average molecular weight is 217 g/mol. The summed E-state index contributed by atoms with van der Waals surface area (Å²) in [6.07, 6.45) is 1.86. The minimum atomic E-state index is 0.851. The van der Waals surface area contributed by atoms with Crippen molar-refractivity contribution in [3.8, 4) is 5.75 Å². The van der Waals surface area contributed by atoms with E-state index in [2.05, 4.69) is 10.4 Å². The van der Waals surface area contributed by atoms with Crippen molar-refractivity contribution in [2.75, 3.05) is 7.11 Å².